The van der Waals surface area contributed by atoms with Crippen molar-refractivity contribution in [3.63, 3.8) is 0 Å². The van der Waals surface area contributed by atoms with Gasteiger partial charge in [0.2, 0.25) is 5.91 Å². The van der Waals surface area contributed by atoms with Crippen LogP contribution < -0.4 is 5.32 Å². The molecule has 0 radical (unpaired) electrons. The molecule has 0 aromatic rings. The van der Waals surface area contributed by atoms with Gasteiger partial charge in [-0.3, -0.25) is 4.79 Å². The zero-order chi connectivity index (χ0) is 11.5. The van der Waals surface area contributed by atoms with Gasteiger partial charge in [-0.1, -0.05) is 52.9 Å². The van der Waals surface area contributed by atoms with Crippen LogP contribution in [0.1, 0.15) is 65.7 Å². The normalized spacial score (nSPS) is 10.7. The molecule has 0 atom stereocenters. The summed E-state index contributed by atoms with van der Waals surface area (Å²) in [6, 6.07) is 0. The van der Waals surface area contributed by atoms with E-state index in [0.29, 0.717) is 12.3 Å². The second-order valence-electron chi connectivity index (χ2n) is 4.72. The molecule has 1 N–H and O–H groups in total. The lowest BCUT2D eigenvalue weighted by atomic mass is 10.1. The van der Waals surface area contributed by atoms with Crippen LogP contribution in [-0.2, 0) is 4.79 Å². The molecule has 0 saturated heterocycles. The van der Waals surface area contributed by atoms with E-state index >= 15 is 0 Å². The van der Waals surface area contributed by atoms with Crippen molar-refractivity contribution < 1.29 is 4.79 Å². The van der Waals surface area contributed by atoms with Gasteiger partial charge in [0.05, 0.1) is 0 Å². The molecule has 0 aliphatic heterocycles. The number of hydrogen-bond donors (Lipinski definition) is 1. The van der Waals surface area contributed by atoms with Gasteiger partial charge in [0, 0.05) is 13.0 Å². The molecule has 0 bridgehead atoms. The lowest BCUT2D eigenvalue weighted by Gasteiger charge is -2.07. The molecular weight excluding hydrogens is 186 g/mol. The topological polar surface area (TPSA) is 29.1 Å². The Morgan fingerprint density at radius 1 is 1.07 bits per heavy atom. The summed E-state index contributed by atoms with van der Waals surface area (Å²) in [5.41, 5.74) is 0. The van der Waals surface area contributed by atoms with Crippen LogP contribution in [0.15, 0.2) is 0 Å². The smallest absolute Gasteiger partial charge is 0.220 e. The van der Waals surface area contributed by atoms with Crippen LogP contribution in [0.4, 0.5) is 0 Å². The van der Waals surface area contributed by atoms with Gasteiger partial charge in [-0.15, -0.1) is 0 Å². The van der Waals surface area contributed by atoms with E-state index in [2.05, 4.69) is 26.1 Å². The SMILES string of the molecule is CCCCCCCCC(=O)NCC(C)C. The molecule has 0 rings (SSSR count). The summed E-state index contributed by atoms with van der Waals surface area (Å²) >= 11 is 0. The molecule has 90 valence electrons. The Hall–Kier alpha value is -0.530. The van der Waals surface area contributed by atoms with Crippen molar-refractivity contribution >= 4 is 5.91 Å². The van der Waals surface area contributed by atoms with Gasteiger partial charge in [-0.05, 0) is 12.3 Å². The molecular formula is C13H27NO. The molecule has 0 heterocycles. The van der Waals surface area contributed by atoms with Crippen molar-refractivity contribution in [2.45, 2.75) is 65.7 Å². The van der Waals surface area contributed by atoms with Gasteiger partial charge >= 0.3 is 0 Å². The highest BCUT2D eigenvalue weighted by atomic mass is 16.1. The maximum absolute atomic E-state index is 11.3. The van der Waals surface area contributed by atoms with Crippen molar-refractivity contribution in [2.24, 2.45) is 5.92 Å². The molecule has 1 amide bonds. The van der Waals surface area contributed by atoms with Gasteiger partial charge in [0.1, 0.15) is 0 Å². The van der Waals surface area contributed by atoms with Crippen molar-refractivity contribution in [1.29, 1.82) is 0 Å². The summed E-state index contributed by atoms with van der Waals surface area (Å²) in [4.78, 5) is 11.3. The fourth-order valence-corrected chi connectivity index (χ4v) is 1.47. The number of carbonyl (C=O) groups is 1. The van der Waals surface area contributed by atoms with E-state index < -0.39 is 0 Å². The number of carbonyl (C=O) groups excluding carboxylic acids is 1. The lowest BCUT2D eigenvalue weighted by Crippen LogP contribution is -2.26. The molecule has 0 saturated carbocycles. The van der Waals surface area contributed by atoms with Crippen molar-refractivity contribution in [3.8, 4) is 0 Å². The minimum atomic E-state index is 0.221. The van der Waals surface area contributed by atoms with Gasteiger partial charge in [0.25, 0.3) is 0 Å². The Labute approximate surface area is 94.8 Å². The first-order valence-electron chi connectivity index (χ1n) is 6.43. The Morgan fingerprint density at radius 2 is 1.67 bits per heavy atom. The molecule has 0 aromatic carbocycles. The van der Waals surface area contributed by atoms with Crippen LogP contribution in [-0.4, -0.2) is 12.5 Å². The predicted molar refractivity (Wildman–Crippen MR) is 65.8 cm³/mol. The van der Waals surface area contributed by atoms with Crippen LogP contribution in [0.3, 0.4) is 0 Å². The summed E-state index contributed by atoms with van der Waals surface area (Å²) in [5.74, 6) is 0.776. The van der Waals surface area contributed by atoms with E-state index in [9.17, 15) is 4.79 Å². The number of hydrogen-bond acceptors (Lipinski definition) is 1. The largest absolute Gasteiger partial charge is 0.356 e. The Balaban J connectivity index is 3.17. The van der Waals surface area contributed by atoms with E-state index in [-0.39, 0.29) is 5.91 Å². The van der Waals surface area contributed by atoms with Gasteiger partial charge in [0.15, 0.2) is 0 Å². The second-order valence-corrected chi connectivity index (χ2v) is 4.72. The lowest BCUT2D eigenvalue weighted by molar-refractivity contribution is -0.121. The zero-order valence-corrected chi connectivity index (χ0v) is 10.6. The van der Waals surface area contributed by atoms with Gasteiger partial charge in [-0.2, -0.15) is 0 Å². The van der Waals surface area contributed by atoms with E-state index in [1.807, 2.05) is 0 Å². The predicted octanol–water partition coefficient (Wildman–Crippen LogP) is 3.51. The van der Waals surface area contributed by atoms with Crippen LogP contribution in [0.2, 0.25) is 0 Å². The standard InChI is InChI=1S/C13H27NO/c1-4-5-6-7-8-9-10-13(15)14-11-12(2)3/h12H,4-11H2,1-3H3,(H,14,15). The highest BCUT2D eigenvalue weighted by Crippen LogP contribution is 2.06. The fraction of sp³-hybridized carbons (Fsp3) is 0.923. The quantitative estimate of drug-likeness (QED) is 0.583. The zero-order valence-electron chi connectivity index (χ0n) is 10.6. The van der Waals surface area contributed by atoms with E-state index in [1.54, 1.807) is 0 Å². The van der Waals surface area contributed by atoms with Crippen LogP contribution in [0.25, 0.3) is 0 Å². The average molecular weight is 213 g/mol. The van der Waals surface area contributed by atoms with Gasteiger partial charge in [-0.25, -0.2) is 0 Å². The van der Waals surface area contributed by atoms with Crippen molar-refractivity contribution in [1.82, 2.24) is 5.32 Å². The summed E-state index contributed by atoms with van der Waals surface area (Å²) < 4.78 is 0. The van der Waals surface area contributed by atoms with E-state index in [4.69, 9.17) is 0 Å². The molecule has 0 aromatic heterocycles. The molecule has 0 unspecified atom stereocenters. The third-order valence-electron chi connectivity index (χ3n) is 2.46. The number of unbranched alkanes of at least 4 members (excludes halogenated alkanes) is 5. The molecule has 2 heteroatoms. The third-order valence-corrected chi connectivity index (χ3v) is 2.46. The Morgan fingerprint density at radius 3 is 2.27 bits per heavy atom. The number of rotatable bonds is 9. The third kappa shape index (κ3) is 11.4. The van der Waals surface area contributed by atoms with E-state index in [0.717, 1.165) is 13.0 Å². The average Bonchev–Trinajstić information content (AvgIpc) is 2.20. The molecule has 0 aliphatic rings. The summed E-state index contributed by atoms with van der Waals surface area (Å²) in [6.07, 6.45) is 8.19. The number of amides is 1. The molecule has 15 heavy (non-hydrogen) atoms. The first-order chi connectivity index (χ1) is 7.16. The molecule has 2 nitrogen and oxygen atoms in total. The number of nitrogens with one attached hydrogen (secondary N) is 1. The first kappa shape index (κ1) is 14.5. The maximum Gasteiger partial charge on any atom is 0.220 e. The van der Waals surface area contributed by atoms with Gasteiger partial charge < -0.3 is 5.32 Å². The minimum Gasteiger partial charge on any atom is -0.356 e. The summed E-state index contributed by atoms with van der Waals surface area (Å²) in [7, 11) is 0. The maximum atomic E-state index is 11.3. The summed E-state index contributed by atoms with van der Waals surface area (Å²) in [6.45, 7) is 7.27. The Kier molecular flexibility index (Phi) is 9.65. The van der Waals surface area contributed by atoms with Crippen LogP contribution >= 0.6 is 0 Å². The van der Waals surface area contributed by atoms with Crippen LogP contribution in [0.5, 0.6) is 0 Å². The summed E-state index contributed by atoms with van der Waals surface area (Å²) in [5, 5.41) is 2.95. The molecule has 0 spiro atoms. The molecule has 0 fully saturated rings. The fourth-order valence-electron chi connectivity index (χ4n) is 1.47. The van der Waals surface area contributed by atoms with Crippen molar-refractivity contribution in [2.75, 3.05) is 6.54 Å². The molecule has 0 aliphatic carbocycles. The van der Waals surface area contributed by atoms with E-state index in [1.165, 1.54) is 32.1 Å². The van der Waals surface area contributed by atoms with Crippen molar-refractivity contribution in [3.05, 3.63) is 0 Å². The van der Waals surface area contributed by atoms with Crippen LogP contribution in [0, 0.1) is 5.92 Å². The minimum absolute atomic E-state index is 0.221. The monoisotopic (exact) mass is 213 g/mol. The Bertz CT molecular complexity index is 155. The first-order valence-corrected chi connectivity index (χ1v) is 6.43. The second kappa shape index (κ2) is 10.0. The highest BCUT2D eigenvalue weighted by molar-refractivity contribution is 5.75. The highest BCUT2D eigenvalue weighted by Gasteiger charge is 2.01.